The van der Waals surface area contributed by atoms with E-state index in [1.807, 2.05) is 25.1 Å². The molecule has 1 aromatic rings. The molecule has 3 atom stereocenters. The summed E-state index contributed by atoms with van der Waals surface area (Å²) in [7, 11) is 1.65. The third-order valence-electron chi connectivity index (χ3n) is 5.13. The first kappa shape index (κ1) is 14.4. The first-order chi connectivity index (χ1) is 9.95. The van der Waals surface area contributed by atoms with E-state index in [0.29, 0.717) is 23.6 Å². The SMILES string of the molecule is CNC(=O)c1ccc(NC2C3CCOC3C2(C)C)c(C)c1. The van der Waals surface area contributed by atoms with Crippen LogP contribution < -0.4 is 10.6 Å². The lowest BCUT2D eigenvalue weighted by Gasteiger charge is -2.55. The summed E-state index contributed by atoms with van der Waals surface area (Å²) in [5.74, 6) is 0.566. The maximum absolute atomic E-state index is 11.7. The molecule has 4 nitrogen and oxygen atoms in total. The van der Waals surface area contributed by atoms with Crippen molar-refractivity contribution < 1.29 is 9.53 Å². The summed E-state index contributed by atoms with van der Waals surface area (Å²) in [5.41, 5.74) is 3.09. The van der Waals surface area contributed by atoms with Gasteiger partial charge in [0.15, 0.2) is 0 Å². The molecule has 3 rings (SSSR count). The van der Waals surface area contributed by atoms with E-state index in [0.717, 1.165) is 24.3 Å². The van der Waals surface area contributed by atoms with Gasteiger partial charge in [-0.1, -0.05) is 13.8 Å². The maximum Gasteiger partial charge on any atom is 0.251 e. The summed E-state index contributed by atoms with van der Waals surface area (Å²) in [6, 6.07) is 6.27. The molecule has 1 aromatic carbocycles. The van der Waals surface area contributed by atoms with Gasteiger partial charge in [-0.2, -0.15) is 0 Å². The number of amides is 1. The number of ether oxygens (including phenoxy) is 1. The van der Waals surface area contributed by atoms with Crippen molar-refractivity contribution in [1.82, 2.24) is 5.32 Å². The zero-order valence-corrected chi connectivity index (χ0v) is 13.2. The van der Waals surface area contributed by atoms with Crippen LogP contribution in [0.4, 0.5) is 5.69 Å². The van der Waals surface area contributed by atoms with Crippen molar-refractivity contribution in [2.45, 2.75) is 39.3 Å². The Morgan fingerprint density at radius 3 is 2.81 bits per heavy atom. The number of carbonyl (C=O) groups is 1. The standard InChI is InChI=1S/C17H24N2O2/c1-10-9-11(16(20)18-4)5-6-13(10)19-14-12-7-8-21-15(12)17(14,2)3/h5-6,9,12,14-15,19H,7-8H2,1-4H3,(H,18,20). The fourth-order valence-corrected chi connectivity index (χ4v) is 3.90. The van der Waals surface area contributed by atoms with Gasteiger partial charge in [-0.3, -0.25) is 4.79 Å². The highest BCUT2D eigenvalue weighted by Gasteiger charge is 2.59. The van der Waals surface area contributed by atoms with E-state index in [4.69, 9.17) is 4.74 Å². The Hall–Kier alpha value is -1.55. The molecular weight excluding hydrogens is 264 g/mol. The molecule has 1 aliphatic carbocycles. The van der Waals surface area contributed by atoms with Crippen LogP contribution in [0.15, 0.2) is 18.2 Å². The number of benzene rings is 1. The Labute approximate surface area is 126 Å². The first-order valence-electron chi connectivity index (χ1n) is 7.66. The van der Waals surface area contributed by atoms with Gasteiger partial charge in [0.25, 0.3) is 5.91 Å². The molecule has 1 heterocycles. The molecule has 4 heteroatoms. The van der Waals surface area contributed by atoms with Crippen LogP contribution in [0.2, 0.25) is 0 Å². The minimum atomic E-state index is -0.0436. The Kier molecular flexibility index (Phi) is 3.44. The lowest BCUT2D eigenvalue weighted by molar-refractivity contribution is -0.0923. The van der Waals surface area contributed by atoms with Crippen LogP contribution in [0, 0.1) is 18.3 Å². The van der Waals surface area contributed by atoms with E-state index < -0.39 is 0 Å². The molecule has 2 N–H and O–H groups in total. The second kappa shape index (κ2) is 5.02. The van der Waals surface area contributed by atoms with Gasteiger partial charge in [-0.05, 0) is 37.1 Å². The minimum absolute atomic E-state index is 0.0436. The zero-order chi connectivity index (χ0) is 15.2. The van der Waals surface area contributed by atoms with Crippen LogP contribution in [0.1, 0.15) is 36.2 Å². The molecule has 1 saturated carbocycles. The molecule has 21 heavy (non-hydrogen) atoms. The van der Waals surface area contributed by atoms with E-state index in [2.05, 4.69) is 24.5 Å². The highest BCUT2D eigenvalue weighted by molar-refractivity contribution is 5.94. The maximum atomic E-state index is 11.7. The lowest BCUT2D eigenvalue weighted by atomic mass is 9.57. The zero-order valence-electron chi connectivity index (χ0n) is 13.2. The Bertz CT molecular complexity index is 568. The second-order valence-electron chi connectivity index (χ2n) is 6.80. The number of nitrogens with one attached hydrogen (secondary N) is 2. The smallest absolute Gasteiger partial charge is 0.251 e. The van der Waals surface area contributed by atoms with E-state index in [9.17, 15) is 4.79 Å². The largest absolute Gasteiger partial charge is 0.381 e. The molecule has 1 aliphatic heterocycles. The molecule has 2 fully saturated rings. The van der Waals surface area contributed by atoms with Crippen molar-refractivity contribution in [3.8, 4) is 0 Å². The fourth-order valence-electron chi connectivity index (χ4n) is 3.90. The molecule has 114 valence electrons. The molecule has 3 unspecified atom stereocenters. The normalized spacial score (nSPS) is 29.4. The Balaban J connectivity index is 1.78. The van der Waals surface area contributed by atoms with Crippen LogP contribution in [-0.4, -0.2) is 31.7 Å². The average Bonchev–Trinajstić information content (AvgIpc) is 2.91. The summed E-state index contributed by atoms with van der Waals surface area (Å²) >= 11 is 0. The molecule has 0 radical (unpaired) electrons. The average molecular weight is 288 g/mol. The summed E-state index contributed by atoms with van der Waals surface area (Å²) in [5, 5.41) is 6.34. The third kappa shape index (κ3) is 2.22. The van der Waals surface area contributed by atoms with Gasteiger partial charge in [0, 0.05) is 42.3 Å². The van der Waals surface area contributed by atoms with Crippen molar-refractivity contribution in [2.75, 3.05) is 19.0 Å². The lowest BCUT2D eigenvalue weighted by Crippen LogP contribution is -2.63. The number of carbonyl (C=O) groups excluding carboxylic acids is 1. The monoisotopic (exact) mass is 288 g/mol. The highest BCUT2D eigenvalue weighted by Crippen LogP contribution is 2.53. The number of aryl methyl sites for hydroxylation is 1. The summed E-state index contributed by atoms with van der Waals surface area (Å²) in [4.78, 5) is 11.7. The quantitative estimate of drug-likeness (QED) is 0.899. The number of hydrogen-bond donors (Lipinski definition) is 2. The van der Waals surface area contributed by atoms with Gasteiger partial charge in [-0.25, -0.2) is 0 Å². The van der Waals surface area contributed by atoms with E-state index in [1.165, 1.54) is 0 Å². The van der Waals surface area contributed by atoms with Gasteiger partial charge < -0.3 is 15.4 Å². The van der Waals surface area contributed by atoms with Crippen LogP contribution in [-0.2, 0) is 4.74 Å². The molecule has 0 aromatic heterocycles. The van der Waals surface area contributed by atoms with Crippen LogP contribution in [0.3, 0.4) is 0 Å². The third-order valence-corrected chi connectivity index (χ3v) is 5.13. The van der Waals surface area contributed by atoms with Crippen molar-refractivity contribution in [2.24, 2.45) is 11.3 Å². The van der Waals surface area contributed by atoms with Crippen LogP contribution in [0.5, 0.6) is 0 Å². The molecular formula is C17H24N2O2. The van der Waals surface area contributed by atoms with Crippen molar-refractivity contribution in [3.63, 3.8) is 0 Å². The minimum Gasteiger partial charge on any atom is -0.381 e. The number of rotatable bonds is 3. The molecule has 0 bridgehead atoms. The predicted molar refractivity (Wildman–Crippen MR) is 83.6 cm³/mol. The van der Waals surface area contributed by atoms with E-state index >= 15 is 0 Å². The van der Waals surface area contributed by atoms with Crippen molar-refractivity contribution in [3.05, 3.63) is 29.3 Å². The van der Waals surface area contributed by atoms with E-state index in [1.54, 1.807) is 7.05 Å². The Morgan fingerprint density at radius 2 is 2.14 bits per heavy atom. The van der Waals surface area contributed by atoms with Crippen molar-refractivity contribution in [1.29, 1.82) is 0 Å². The molecule has 2 aliphatic rings. The number of hydrogen-bond acceptors (Lipinski definition) is 3. The summed E-state index contributed by atoms with van der Waals surface area (Å²) in [6.07, 6.45) is 1.53. The van der Waals surface area contributed by atoms with Gasteiger partial charge >= 0.3 is 0 Å². The van der Waals surface area contributed by atoms with Crippen LogP contribution in [0.25, 0.3) is 0 Å². The highest BCUT2D eigenvalue weighted by atomic mass is 16.5. The number of fused-ring (bicyclic) bond motifs is 1. The molecule has 1 saturated heterocycles. The number of anilines is 1. The second-order valence-corrected chi connectivity index (χ2v) is 6.80. The Morgan fingerprint density at radius 1 is 1.38 bits per heavy atom. The predicted octanol–water partition coefficient (Wildman–Crippen LogP) is 2.58. The summed E-state index contributed by atoms with van der Waals surface area (Å²) in [6.45, 7) is 7.46. The van der Waals surface area contributed by atoms with Crippen molar-refractivity contribution >= 4 is 11.6 Å². The van der Waals surface area contributed by atoms with Gasteiger partial charge in [0.05, 0.1) is 6.10 Å². The fraction of sp³-hybridized carbons (Fsp3) is 0.588. The van der Waals surface area contributed by atoms with E-state index in [-0.39, 0.29) is 11.3 Å². The van der Waals surface area contributed by atoms with Gasteiger partial charge in [0.1, 0.15) is 0 Å². The molecule has 0 spiro atoms. The van der Waals surface area contributed by atoms with Gasteiger partial charge in [0.2, 0.25) is 0 Å². The first-order valence-corrected chi connectivity index (χ1v) is 7.66. The van der Waals surface area contributed by atoms with Gasteiger partial charge in [-0.15, -0.1) is 0 Å². The topological polar surface area (TPSA) is 50.4 Å². The summed E-state index contributed by atoms with van der Waals surface area (Å²) < 4.78 is 5.84. The van der Waals surface area contributed by atoms with Crippen LogP contribution >= 0.6 is 0 Å². The molecule has 1 amide bonds.